The van der Waals surface area contributed by atoms with Crippen LogP contribution < -0.4 is 0 Å². The van der Waals surface area contributed by atoms with Crippen LogP contribution in [0.15, 0.2) is 48.6 Å². The fourth-order valence-corrected chi connectivity index (χ4v) is 5.39. The van der Waals surface area contributed by atoms with Crippen LogP contribution in [0, 0.1) is 29.1 Å². The lowest BCUT2D eigenvalue weighted by molar-refractivity contribution is 0.202. The van der Waals surface area contributed by atoms with Crippen molar-refractivity contribution < 1.29 is 0 Å². The van der Waals surface area contributed by atoms with E-state index in [4.69, 9.17) is 0 Å². The Bertz CT molecular complexity index is 472. The molecular weight excluding hydrogens is 240 g/mol. The van der Waals surface area contributed by atoms with E-state index in [1.807, 2.05) is 0 Å². The highest BCUT2D eigenvalue weighted by molar-refractivity contribution is 5.27. The molecule has 2 saturated carbocycles. The zero-order chi connectivity index (χ0) is 13.4. The fraction of sp³-hybridized carbons (Fsp3) is 0.600. The van der Waals surface area contributed by atoms with E-state index in [2.05, 4.69) is 48.6 Å². The van der Waals surface area contributed by atoms with Gasteiger partial charge in [0.05, 0.1) is 0 Å². The first-order chi connectivity index (χ1) is 9.87. The molecule has 0 amide bonds. The van der Waals surface area contributed by atoms with E-state index >= 15 is 0 Å². The first-order valence-electron chi connectivity index (χ1n) is 8.57. The lowest BCUT2D eigenvalue weighted by Gasteiger charge is -2.36. The van der Waals surface area contributed by atoms with E-state index in [9.17, 15) is 0 Å². The summed E-state index contributed by atoms with van der Waals surface area (Å²) in [5, 5.41) is 0. The lowest BCUT2D eigenvalue weighted by Crippen LogP contribution is -2.28. The van der Waals surface area contributed by atoms with Gasteiger partial charge in [-0.15, -0.1) is 0 Å². The van der Waals surface area contributed by atoms with E-state index in [-0.39, 0.29) is 0 Å². The molecule has 0 bridgehead atoms. The second-order valence-electron chi connectivity index (χ2n) is 7.43. The van der Waals surface area contributed by atoms with Crippen LogP contribution >= 0.6 is 0 Å². The molecule has 0 saturated heterocycles. The maximum absolute atomic E-state index is 2.56. The average Bonchev–Trinajstić information content (AvgIpc) is 3.08. The Morgan fingerprint density at radius 2 is 1.80 bits per heavy atom. The van der Waals surface area contributed by atoms with Crippen LogP contribution in [0.4, 0.5) is 0 Å². The van der Waals surface area contributed by atoms with Crippen molar-refractivity contribution in [3.8, 4) is 0 Å². The van der Waals surface area contributed by atoms with Crippen molar-refractivity contribution >= 4 is 0 Å². The van der Waals surface area contributed by atoms with Crippen LogP contribution in [-0.4, -0.2) is 0 Å². The molecular formula is C20H26. The van der Waals surface area contributed by atoms with Gasteiger partial charge in [-0.1, -0.05) is 74.3 Å². The molecule has 20 heavy (non-hydrogen) atoms. The zero-order valence-corrected chi connectivity index (χ0v) is 12.4. The fourth-order valence-electron chi connectivity index (χ4n) is 5.39. The van der Waals surface area contributed by atoms with Crippen LogP contribution in [0.1, 0.15) is 44.9 Å². The van der Waals surface area contributed by atoms with Gasteiger partial charge >= 0.3 is 0 Å². The number of rotatable bonds is 2. The molecule has 4 aliphatic carbocycles. The molecule has 0 aliphatic heterocycles. The van der Waals surface area contributed by atoms with E-state index < -0.39 is 0 Å². The summed E-state index contributed by atoms with van der Waals surface area (Å²) < 4.78 is 0. The van der Waals surface area contributed by atoms with E-state index in [1.54, 1.807) is 0 Å². The molecule has 0 aromatic rings. The standard InChI is InChI=1S/C20H26/c1-6-12-20(13-7-1)15-17-10-4-5-11-18(17)19(20)14-16-8-2-3-9-16/h1,4-7,10-12,16-19H,2-3,8-9,13-15H2. The second kappa shape index (κ2) is 5.06. The van der Waals surface area contributed by atoms with Crippen LogP contribution in [-0.2, 0) is 0 Å². The summed E-state index contributed by atoms with van der Waals surface area (Å²) in [6, 6.07) is 0. The molecule has 0 aromatic heterocycles. The second-order valence-corrected chi connectivity index (χ2v) is 7.43. The molecule has 0 aromatic carbocycles. The minimum Gasteiger partial charge on any atom is -0.0837 e. The third kappa shape index (κ3) is 2.05. The van der Waals surface area contributed by atoms with Crippen molar-refractivity contribution in [2.75, 3.05) is 0 Å². The highest BCUT2D eigenvalue weighted by Gasteiger charge is 2.50. The predicted molar refractivity (Wildman–Crippen MR) is 85.3 cm³/mol. The summed E-state index contributed by atoms with van der Waals surface area (Å²) in [5.41, 5.74) is 0.464. The molecule has 1 spiro atoms. The molecule has 0 nitrogen and oxygen atoms in total. The Balaban J connectivity index is 1.62. The monoisotopic (exact) mass is 266 g/mol. The summed E-state index contributed by atoms with van der Waals surface area (Å²) >= 11 is 0. The summed E-state index contributed by atoms with van der Waals surface area (Å²) in [5.74, 6) is 3.48. The van der Waals surface area contributed by atoms with Crippen molar-refractivity contribution in [3.05, 3.63) is 48.6 Å². The van der Waals surface area contributed by atoms with Crippen molar-refractivity contribution in [1.29, 1.82) is 0 Å². The van der Waals surface area contributed by atoms with Gasteiger partial charge in [-0.25, -0.2) is 0 Å². The SMILES string of the molecule is C1=CCC2(C=C1)CC1C=CC=CC1C2CC1CCCC1. The van der Waals surface area contributed by atoms with E-state index in [1.165, 1.54) is 44.9 Å². The smallest absolute Gasteiger partial charge is 0.00406 e. The predicted octanol–water partition coefficient (Wildman–Crippen LogP) is 5.45. The molecule has 106 valence electrons. The first kappa shape index (κ1) is 12.7. The number of hydrogen-bond donors (Lipinski definition) is 0. The topological polar surface area (TPSA) is 0 Å². The minimum absolute atomic E-state index is 0.464. The minimum atomic E-state index is 0.464. The Kier molecular flexibility index (Phi) is 3.21. The summed E-state index contributed by atoms with van der Waals surface area (Å²) in [7, 11) is 0. The molecule has 0 N–H and O–H groups in total. The average molecular weight is 266 g/mol. The van der Waals surface area contributed by atoms with Gasteiger partial charge < -0.3 is 0 Å². The molecule has 4 unspecified atom stereocenters. The van der Waals surface area contributed by atoms with Crippen LogP contribution in [0.5, 0.6) is 0 Å². The third-order valence-electron chi connectivity index (χ3n) is 6.35. The van der Waals surface area contributed by atoms with Crippen LogP contribution in [0.2, 0.25) is 0 Å². The highest BCUT2D eigenvalue weighted by Crippen LogP contribution is 2.58. The highest BCUT2D eigenvalue weighted by atomic mass is 14.5. The Morgan fingerprint density at radius 1 is 0.950 bits per heavy atom. The van der Waals surface area contributed by atoms with Crippen molar-refractivity contribution in [1.82, 2.24) is 0 Å². The lowest BCUT2D eigenvalue weighted by atomic mass is 9.68. The molecule has 0 radical (unpaired) electrons. The van der Waals surface area contributed by atoms with Crippen molar-refractivity contribution in [3.63, 3.8) is 0 Å². The maximum atomic E-state index is 2.56. The van der Waals surface area contributed by atoms with Crippen molar-refractivity contribution in [2.45, 2.75) is 44.9 Å². The van der Waals surface area contributed by atoms with Gasteiger partial charge in [-0.05, 0) is 48.3 Å². The maximum Gasteiger partial charge on any atom is -0.00406 e. The zero-order valence-electron chi connectivity index (χ0n) is 12.4. The van der Waals surface area contributed by atoms with Gasteiger partial charge in [0.25, 0.3) is 0 Å². The largest absolute Gasteiger partial charge is 0.0837 e. The molecule has 2 fully saturated rings. The molecule has 4 rings (SSSR count). The summed E-state index contributed by atoms with van der Waals surface area (Å²) in [6.07, 6.45) is 29.1. The van der Waals surface area contributed by atoms with Gasteiger partial charge in [0, 0.05) is 0 Å². The van der Waals surface area contributed by atoms with Crippen LogP contribution in [0.3, 0.4) is 0 Å². The number of fused-ring (bicyclic) bond motifs is 1. The molecule has 4 atom stereocenters. The Labute approximate surface area is 123 Å². The van der Waals surface area contributed by atoms with Gasteiger partial charge in [-0.3, -0.25) is 0 Å². The van der Waals surface area contributed by atoms with Gasteiger partial charge in [0.2, 0.25) is 0 Å². The molecule has 0 heteroatoms. The molecule has 4 aliphatic rings. The number of hydrogen-bond acceptors (Lipinski definition) is 0. The third-order valence-corrected chi connectivity index (χ3v) is 6.35. The first-order valence-corrected chi connectivity index (χ1v) is 8.57. The molecule has 0 heterocycles. The Morgan fingerprint density at radius 3 is 2.60 bits per heavy atom. The quantitative estimate of drug-likeness (QED) is 0.623. The van der Waals surface area contributed by atoms with Gasteiger partial charge in [0.15, 0.2) is 0 Å². The summed E-state index contributed by atoms with van der Waals surface area (Å²) in [6.45, 7) is 0. The van der Waals surface area contributed by atoms with E-state index in [0.29, 0.717) is 5.41 Å². The summed E-state index contributed by atoms with van der Waals surface area (Å²) in [4.78, 5) is 0. The van der Waals surface area contributed by atoms with Crippen LogP contribution in [0.25, 0.3) is 0 Å². The number of allylic oxidation sites excluding steroid dienone is 8. The Hall–Kier alpha value is -1.04. The van der Waals surface area contributed by atoms with Gasteiger partial charge in [0.1, 0.15) is 0 Å². The van der Waals surface area contributed by atoms with Crippen molar-refractivity contribution in [2.24, 2.45) is 29.1 Å². The normalized spacial score (nSPS) is 42.7. The van der Waals surface area contributed by atoms with Gasteiger partial charge in [-0.2, -0.15) is 0 Å². The van der Waals surface area contributed by atoms with E-state index in [0.717, 1.165) is 23.7 Å².